The van der Waals surface area contributed by atoms with Gasteiger partial charge in [0.1, 0.15) is 11.4 Å². The van der Waals surface area contributed by atoms with Crippen LogP contribution in [0.4, 0.5) is 4.39 Å². The molecule has 5 rings (SSSR count). The first-order chi connectivity index (χ1) is 13.6. The minimum absolute atomic E-state index is 0.0188. The fourth-order valence-electron chi connectivity index (χ4n) is 4.84. The summed E-state index contributed by atoms with van der Waals surface area (Å²) in [6.07, 6.45) is 3.48. The SMILES string of the molecule is O=C1OC2(CCC(C(=O)NC3CC3c3ccccc3F)CC2)c2ccccc21. The molecule has 4 nitrogen and oxygen atoms in total. The second-order valence-corrected chi connectivity index (χ2v) is 8.18. The minimum Gasteiger partial charge on any atom is -0.451 e. The van der Waals surface area contributed by atoms with Crippen LogP contribution in [0, 0.1) is 11.7 Å². The average Bonchev–Trinajstić information content (AvgIpc) is 3.41. The van der Waals surface area contributed by atoms with Crippen LogP contribution in [0.3, 0.4) is 0 Å². The molecule has 0 aromatic heterocycles. The van der Waals surface area contributed by atoms with E-state index in [0.29, 0.717) is 36.8 Å². The highest BCUT2D eigenvalue weighted by molar-refractivity contribution is 5.94. The van der Waals surface area contributed by atoms with Crippen LogP contribution < -0.4 is 5.32 Å². The van der Waals surface area contributed by atoms with Crippen LogP contribution in [-0.4, -0.2) is 17.9 Å². The highest BCUT2D eigenvalue weighted by atomic mass is 19.1. The first kappa shape index (κ1) is 17.4. The molecule has 28 heavy (non-hydrogen) atoms. The topological polar surface area (TPSA) is 55.4 Å². The number of amides is 1. The van der Waals surface area contributed by atoms with E-state index in [1.165, 1.54) is 6.07 Å². The molecule has 2 aromatic rings. The van der Waals surface area contributed by atoms with Crippen molar-refractivity contribution in [3.63, 3.8) is 0 Å². The van der Waals surface area contributed by atoms with E-state index in [1.807, 2.05) is 24.3 Å². The van der Waals surface area contributed by atoms with Crippen LogP contribution >= 0.6 is 0 Å². The first-order valence-electron chi connectivity index (χ1n) is 9.95. The Bertz CT molecular complexity index is 948. The van der Waals surface area contributed by atoms with E-state index in [2.05, 4.69) is 5.32 Å². The Morgan fingerprint density at radius 2 is 1.79 bits per heavy atom. The van der Waals surface area contributed by atoms with Gasteiger partial charge in [0.25, 0.3) is 0 Å². The molecule has 1 heterocycles. The summed E-state index contributed by atoms with van der Waals surface area (Å²) in [5.74, 6) is -0.437. The van der Waals surface area contributed by atoms with Crippen molar-refractivity contribution in [2.75, 3.05) is 0 Å². The molecular weight excluding hydrogens is 357 g/mol. The number of carbonyl (C=O) groups is 2. The second-order valence-electron chi connectivity index (χ2n) is 8.18. The molecule has 0 saturated heterocycles. The number of ether oxygens (including phenoxy) is 1. The summed E-state index contributed by atoms with van der Waals surface area (Å²) in [6.45, 7) is 0. The fraction of sp³-hybridized carbons (Fsp3) is 0.391. The summed E-state index contributed by atoms with van der Waals surface area (Å²) in [5.41, 5.74) is 1.72. The molecule has 0 radical (unpaired) electrons. The van der Waals surface area contributed by atoms with Gasteiger partial charge in [0.05, 0.1) is 5.56 Å². The van der Waals surface area contributed by atoms with Crippen LogP contribution in [0.15, 0.2) is 48.5 Å². The number of esters is 1. The Labute approximate surface area is 163 Å². The predicted molar refractivity (Wildman–Crippen MR) is 101 cm³/mol. The second kappa shape index (κ2) is 6.43. The monoisotopic (exact) mass is 379 g/mol. The first-order valence-corrected chi connectivity index (χ1v) is 9.95. The summed E-state index contributed by atoms with van der Waals surface area (Å²) < 4.78 is 19.7. The molecule has 2 aromatic carbocycles. The van der Waals surface area contributed by atoms with Crippen molar-refractivity contribution < 1.29 is 18.7 Å². The number of carbonyl (C=O) groups excluding carboxylic acids is 2. The lowest BCUT2D eigenvalue weighted by Crippen LogP contribution is -2.39. The number of hydrogen-bond acceptors (Lipinski definition) is 3. The maximum absolute atomic E-state index is 13.9. The van der Waals surface area contributed by atoms with E-state index < -0.39 is 5.60 Å². The van der Waals surface area contributed by atoms with Gasteiger partial charge in [-0.25, -0.2) is 9.18 Å². The Kier molecular flexibility index (Phi) is 4.00. The van der Waals surface area contributed by atoms with Gasteiger partial charge in [-0.3, -0.25) is 4.79 Å². The van der Waals surface area contributed by atoms with E-state index in [0.717, 1.165) is 12.0 Å². The lowest BCUT2D eigenvalue weighted by atomic mass is 9.74. The van der Waals surface area contributed by atoms with Crippen LogP contribution in [0.2, 0.25) is 0 Å². The van der Waals surface area contributed by atoms with Crippen molar-refractivity contribution in [2.45, 2.75) is 49.7 Å². The zero-order chi connectivity index (χ0) is 19.3. The molecule has 5 heteroatoms. The molecular formula is C23H22FNO3. The standard InChI is InChI=1S/C23H22FNO3/c24-19-8-4-2-5-15(19)17-13-20(17)25-21(26)14-9-11-23(12-10-14)18-7-3-1-6-16(18)22(27)28-23/h1-8,14,17,20H,9-13H2,(H,25,26). The van der Waals surface area contributed by atoms with Gasteiger partial charge in [-0.05, 0) is 49.8 Å². The maximum Gasteiger partial charge on any atom is 0.339 e. The highest BCUT2D eigenvalue weighted by Crippen LogP contribution is 2.48. The lowest BCUT2D eigenvalue weighted by Gasteiger charge is -2.36. The predicted octanol–water partition coefficient (Wildman–Crippen LogP) is 4.05. The van der Waals surface area contributed by atoms with Crippen molar-refractivity contribution in [1.29, 1.82) is 0 Å². The Morgan fingerprint density at radius 1 is 1.07 bits per heavy atom. The molecule has 3 aliphatic rings. The summed E-state index contributed by atoms with van der Waals surface area (Å²) in [4.78, 5) is 24.9. The number of nitrogens with one attached hydrogen (secondary N) is 1. The smallest absolute Gasteiger partial charge is 0.339 e. The molecule has 2 aliphatic carbocycles. The molecule has 2 atom stereocenters. The van der Waals surface area contributed by atoms with Crippen LogP contribution in [0.25, 0.3) is 0 Å². The van der Waals surface area contributed by atoms with E-state index in [-0.39, 0.29) is 35.6 Å². The van der Waals surface area contributed by atoms with Gasteiger partial charge in [-0.2, -0.15) is 0 Å². The van der Waals surface area contributed by atoms with Crippen molar-refractivity contribution in [1.82, 2.24) is 5.32 Å². The lowest BCUT2D eigenvalue weighted by molar-refractivity contribution is -0.128. The van der Waals surface area contributed by atoms with Crippen LogP contribution in [-0.2, 0) is 15.1 Å². The van der Waals surface area contributed by atoms with Gasteiger partial charge in [-0.1, -0.05) is 36.4 Å². The van der Waals surface area contributed by atoms with E-state index in [9.17, 15) is 14.0 Å². The third kappa shape index (κ3) is 2.81. The summed E-state index contributed by atoms with van der Waals surface area (Å²) >= 11 is 0. The molecule has 2 saturated carbocycles. The van der Waals surface area contributed by atoms with Gasteiger partial charge in [-0.15, -0.1) is 0 Å². The van der Waals surface area contributed by atoms with Gasteiger partial charge >= 0.3 is 5.97 Å². The van der Waals surface area contributed by atoms with Crippen molar-refractivity contribution in [3.8, 4) is 0 Å². The van der Waals surface area contributed by atoms with Crippen molar-refractivity contribution >= 4 is 11.9 Å². The molecule has 2 fully saturated rings. The third-order valence-corrected chi connectivity index (χ3v) is 6.51. The molecule has 144 valence electrons. The van der Waals surface area contributed by atoms with Crippen LogP contribution in [0.5, 0.6) is 0 Å². The van der Waals surface area contributed by atoms with E-state index in [4.69, 9.17) is 4.74 Å². The van der Waals surface area contributed by atoms with Crippen molar-refractivity contribution in [2.24, 2.45) is 5.92 Å². The zero-order valence-corrected chi connectivity index (χ0v) is 15.5. The zero-order valence-electron chi connectivity index (χ0n) is 15.5. The maximum atomic E-state index is 13.9. The molecule has 1 spiro atoms. The number of hydrogen-bond donors (Lipinski definition) is 1. The molecule has 1 amide bonds. The number of benzene rings is 2. The summed E-state index contributed by atoms with van der Waals surface area (Å²) in [6, 6.07) is 14.3. The van der Waals surface area contributed by atoms with E-state index >= 15 is 0 Å². The van der Waals surface area contributed by atoms with Gasteiger partial charge in [0.2, 0.25) is 5.91 Å². The number of rotatable bonds is 3. The molecule has 1 N–H and O–H groups in total. The summed E-state index contributed by atoms with van der Waals surface area (Å²) in [7, 11) is 0. The quantitative estimate of drug-likeness (QED) is 0.819. The van der Waals surface area contributed by atoms with Gasteiger partial charge < -0.3 is 10.1 Å². The van der Waals surface area contributed by atoms with Gasteiger partial charge in [0.15, 0.2) is 0 Å². The van der Waals surface area contributed by atoms with Gasteiger partial charge in [0, 0.05) is 23.4 Å². The Balaban J connectivity index is 1.21. The number of fused-ring (bicyclic) bond motifs is 2. The van der Waals surface area contributed by atoms with Crippen LogP contribution in [0.1, 0.15) is 59.5 Å². The fourth-order valence-corrected chi connectivity index (χ4v) is 4.84. The number of halogens is 1. The van der Waals surface area contributed by atoms with Crippen molar-refractivity contribution in [3.05, 3.63) is 71.0 Å². The summed E-state index contributed by atoms with van der Waals surface area (Å²) in [5, 5.41) is 3.09. The minimum atomic E-state index is -0.570. The highest BCUT2D eigenvalue weighted by Gasteiger charge is 2.49. The third-order valence-electron chi connectivity index (χ3n) is 6.51. The normalized spacial score (nSPS) is 30.6. The largest absolute Gasteiger partial charge is 0.451 e. The van der Waals surface area contributed by atoms with E-state index in [1.54, 1.807) is 18.2 Å². The Morgan fingerprint density at radius 3 is 2.57 bits per heavy atom. The average molecular weight is 379 g/mol. The molecule has 1 aliphatic heterocycles. The molecule has 0 bridgehead atoms. The Hall–Kier alpha value is -2.69. The molecule has 2 unspecified atom stereocenters.